The maximum absolute atomic E-state index is 13.1. The quantitative estimate of drug-likeness (QED) is 0.620. The van der Waals surface area contributed by atoms with Crippen LogP contribution in [0.5, 0.6) is 5.75 Å². The van der Waals surface area contributed by atoms with E-state index in [1.807, 2.05) is 60.4 Å². The summed E-state index contributed by atoms with van der Waals surface area (Å²) in [5, 5.41) is 0. The predicted molar refractivity (Wildman–Crippen MR) is 122 cm³/mol. The molecule has 32 heavy (non-hydrogen) atoms. The zero-order valence-electron chi connectivity index (χ0n) is 19.0. The van der Waals surface area contributed by atoms with Gasteiger partial charge in [0.05, 0.1) is 25.2 Å². The Labute approximate surface area is 190 Å². The standard InChI is InChI=1S/C26H32N2O4/c1-3-32-23-12-8-7-11-21(23)19-27-15-13-26(14-16-27)22(25(30)31-2)17-24(29)28(26)18-20-9-5-4-6-10-20/h4-12,22H,3,13-19H2,1-2H3. The van der Waals surface area contributed by atoms with E-state index in [-0.39, 0.29) is 18.3 Å². The number of ether oxygens (including phenoxy) is 2. The van der Waals surface area contributed by atoms with Crippen LogP contribution in [0.15, 0.2) is 54.6 Å². The molecule has 0 aromatic heterocycles. The summed E-state index contributed by atoms with van der Waals surface area (Å²) >= 11 is 0. The van der Waals surface area contributed by atoms with Gasteiger partial charge in [-0.3, -0.25) is 14.5 Å². The SMILES string of the molecule is CCOc1ccccc1CN1CCC2(CC1)C(C(=O)OC)CC(=O)N2Cc1ccccc1. The topological polar surface area (TPSA) is 59.1 Å². The molecule has 170 valence electrons. The molecule has 2 saturated heterocycles. The first kappa shape index (κ1) is 22.3. The van der Waals surface area contributed by atoms with Crippen molar-refractivity contribution < 1.29 is 19.1 Å². The molecule has 2 aromatic carbocycles. The largest absolute Gasteiger partial charge is 0.494 e. The van der Waals surface area contributed by atoms with Crippen molar-refractivity contribution in [2.24, 2.45) is 5.92 Å². The van der Waals surface area contributed by atoms with Gasteiger partial charge in [0.1, 0.15) is 5.75 Å². The van der Waals surface area contributed by atoms with Gasteiger partial charge in [-0.15, -0.1) is 0 Å². The van der Waals surface area contributed by atoms with Gasteiger partial charge >= 0.3 is 5.97 Å². The fourth-order valence-electron chi connectivity index (χ4n) is 5.26. The van der Waals surface area contributed by atoms with Crippen LogP contribution in [0, 0.1) is 5.92 Å². The fraction of sp³-hybridized carbons (Fsp3) is 0.462. The molecule has 2 heterocycles. The number of likely N-dealkylation sites (tertiary alicyclic amines) is 2. The molecular weight excluding hydrogens is 404 g/mol. The van der Waals surface area contributed by atoms with E-state index in [9.17, 15) is 9.59 Å². The number of nitrogens with zero attached hydrogens (tertiary/aromatic N) is 2. The summed E-state index contributed by atoms with van der Waals surface area (Å²) in [6.45, 7) is 5.57. The van der Waals surface area contributed by atoms with Crippen molar-refractivity contribution in [2.45, 2.75) is 44.8 Å². The molecule has 6 heteroatoms. The predicted octanol–water partition coefficient (Wildman–Crippen LogP) is 3.64. The molecule has 4 rings (SSSR count). The van der Waals surface area contributed by atoms with Gasteiger partial charge in [-0.1, -0.05) is 48.5 Å². The Morgan fingerprint density at radius 2 is 1.72 bits per heavy atom. The van der Waals surface area contributed by atoms with E-state index >= 15 is 0 Å². The van der Waals surface area contributed by atoms with Gasteiger partial charge in [0.15, 0.2) is 0 Å². The number of benzene rings is 2. The number of carbonyl (C=O) groups is 2. The smallest absolute Gasteiger partial charge is 0.311 e. The fourth-order valence-corrected chi connectivity index (χ4v) is 5.26. The number of para-hydroxylation sites is 1. The monoisotopic (exact) mass is 436 g/mol. The zero-order chi connectivity index (χ0) is 22.6. The van der Waals surface area contributed by atoms with Crippen molar-refractivity contribution in [1.29, 1.82) is 0 Å². The third-order valence-electron chi connectivity index (χ3n) is 6.92. The van der Waals surface area contributed by atoms with E-state index in [2.05, 4.69) is 11.0 Å². The van der Waals surface area contributed by atoms with Crippen molar-refractivity contribution in [3.05, 3.63) is 65.7 Å². The summed E-state index contributed by atoms with van der Waals surface area (Å²) in [6, 6.07) is 18.2. The first-order chi connectivity index (χ1) is 15.6. The van der Waals surface area contributed by atoms with Crippen LogP contribution in [0.3, 0.4) is 0 Å². The number of methoxy groups -OCH3 is 1. The molecule has 0 radical (unpaired) electrons. The van der Waals surface area contributed by atoms with Crippen molar-refractivity contribution >= 4 is 11.9 Å². The summed E-state index contributed by atoms with van der Waals surface area (Å²) in [4.78, 5) is 30.1. The van der Waals surface area contributed by atoms with Gasteiger partial charge in [0.2, 0.25) is 5.91 Å². The molecule has 0 saturated carbocycles. The molecule has 0 N–H and O–H groups in total. The van der Waals surface area contributed by atoms with Crippen LogP contribution in [0.25, 0.3) is 0 Å². The van der Waals surface area contributed by atoms with Crippen molar-refractivity contribution in [3.8, 4) is 5.75 Å². The van der Waals surface area contributed by atoms with Gasteiger partial charge in [-0.2, -0.15) is 0 Å². The summed E-state index contributed by atoms with van der Waals surface area (Å²) in [5.74, 6) is 0.273. The number of carbonyl (C=O) groups excluding carboxylic acids is 2. The van der Waals surface area contributed by atoms with E-state index in [0.29, 0.717) is 13.2 Å². The first-order valence-electron chi connectivity index (χ1n) is 11.4. The molecule has 1 spiro atoms. The van der Waals surface area contributed by atoms with E-state index in [1.54, 1.807) is 0 Å². The number of esters is 1. The zero-order valence-corrected chi connectivity index (χ0v) is 19.0. The van der Waals surface area contributed by atoms with E-state index < -0.39 is 11.5 Å². The normalized spacial score (nSPS) is 20.5. The second-order valence-corrected chi connectivity index (χ2v) is 8.67. The number of piperidine rings is 1. The molecular formula is C26H32N2O4. The average Bonchev–Trinajstić information content (AvgIpc) is 3.08. The van der Waals surface area contributed by atoms with E-state index in [0.717, 1.165) is 43.8 Å². The Morgan fingerprint density at radius 1 is 1.03 bits per heavy atom. The summed E-state index contributed by atoms with van der Waals surface area (Å²) in [6.07, 6.45) is 1.73. The lowest BCUT2D eigenvalue weighted by atomic mass is 9.76. The lowest BCUT2D eigenvalue weighted by Crippen LogP contribution is -2.57. The van der Waals surface area contributed by atoms with Crippen molar-refractivity contribution in [2.75, 3.05) is 26.8 Å². The number of hydrogen-bond acceptors (Lipinski definition) is 5. The van der Waals surface area contributed by atoms with Crippen LogP contribution < -0.4 is 4.74 Å². The highest BCUT2D eigenvalue weighted by Gasteiger charge is 2.56. The van der Waals surface area contributed by atoms with Gasteiger partial charge in [-0.25, -0.2) is 0 Å². The lowest BCUT2D eigenvalue weighted by molar-refractivity contribution is -0.150. The molecule has 1 unspecified atom stereocenters. The van der Waals surface area contributed by atoms with Gasteiger partial charge in [-0.05, 0) is 31.4 Å². The van der Waals surface area contributed by atoms with Gasteiger partial charge in [0, 0.05) is 38.2 Å². The average molecular weight is 437 g/mol. The van der Waals surface area contributed by atoms with E-state index in [4.69, 9.17) is 9.47 Å². The van der Waals surface area contributed by atoms with Crippen LogP contribution in [0.2, 0.25) is 0 Å². The van der Waals surface area contributed by atoms with Crippen LogP contribution in [-0.2, 0) is 27.4 Å². The molecule has 2 aliphatic heterocycles. The second kappa shape index (κ2) is 9.74. The Balaban J connectivity index is 1.53. The minimum Gasteiger partial charge on any atom is -0.494 e. The second-order valence-electron chi connectivity index (χ2n) is 8.67. The molecule has 1 atom stereocenters. The summed E-state index contributed by atoms with van der Waals surface area (Å²) in [7, 11) is 1.42. The maximum Gasteiger partial charge on any atom is 0.311 e. The molecule has 0 aliphatic carbocycles. The Hall–Kier alpha value is -2.86. The third kappa shape index (κ3) is 4.37. The van der Waals surface area contributed by atoms with Crippen LogP contribution in [0.1, 0.15) is 37.3 Å². The number of hydrogen-bond donors (Lipinski definition) is 0. The highest BCUT2D eigenvalue weighted by molar-refractivity contribution is 5.89. The number of rotatable bonds is 7. The minimum absolute atomic E-state index is 0.0411. The van der Waals surface area contributed by atoms with Crippen LogP contribution >= 0.6 is 0 Å². The third-order valence-corrected chi connectivity index (χ3v) is 6.92. The lowest BCUT2D eigenvalue weighted by Gasteiger charge is -2.47. The number of amides is 1. The molecule has 1 amide bonds. The molecule has 2 aromatic rings. The summed E-state index contributed by atoms with van der Waals surface area (Å²) in [5.41, 5.74) is 1.76. The van der Waals surface area contributed by atoms with Crippen molar-refractivity contribution in [3.63, 3.8) is 0 Å². The molecule has 2 fully saturated rings. The van der Waals surface area contributed by atoms with E-state index in [1.165, 1.54) is 12.7 Å². The van der Waals surface area contributed by atoms with Crippen LogP contribution in [-0.4, -0.2) is 54.0 Å². The highest BCUT2D eigenvalue weighted by atomic mass is 16.5. The minimum atomic E-state index is -0.490. The van der Waals surface area contributed by atoms with Gasteiger partial charge < -0.3 is 14.4 Å². The highest BCUT2D eigenvalue weighted by Crippen LogP contribution is 2.45. The molecule has 2 aliphatic rings. The Morgan fingerprint density at radius 3 is 2.41 bits per heavy atom. The Bertz CT molecular complexity index is 938. The van der Waals surface area contributed by atoms with Gasteiger partial charge in [0.25, 0.3) is 0 Å². The molecule has 6 nitrogen and oxygen atoms in total. The Kier molecular flexibility index (Phi) is 6.80. The van der Waals surface area contributed by atoms with Crippen LogP contribution in [0.4, 0.5) is 0 Å². The first-order valence-corrected chi connectivity index (χ1v) is 11.4. The molecule has 0 bridgehead atoms. The maximum atomic E-state index is 13.1. The summed E-state index contributed by atoms with van der Waals surface area (Å²) < 4.78 is 10.9. The van der Waals surface area contributed by atoms with Crippen molar-refractivity contribution in [1.82, 2.24) is 9.80 Å².